The van der Waals surface area contributed by atoms with Crippen LogP contribution in [0.25, 0.3) is 22.5 Å². The monoisotopic (exact) mass is 671 g/mol. The zero-order chi connectivity index (χ0) is 33.8. The zero-order valence-corrected chi connectivity index (χ0v) is 27.0. The Morgan fingerprint density at radius 1 is 1.00 bits per heavy atom. The van der Waals surface area contributed by atoms with Crippen LogP contribution in [0.4, 0.5) is 9.18 Å². The average molecular weight is 672 g/mol. The average Bonchev–Trinajstić information content (AvgIpc) is 3.63. The van der Waals surface area contributed by atoms with Crippen LogP contribution in [0.5, 0.6) is 11.8 Å². The molecule has 2 aromatic heterocycles. The highest BCUT2D eigenvalue weighted by atomic mass is 35.5. The zero-order valence-electron chi connectivity index (χ0n) is 26.3. The fourth-order valence-electron chi connectivity index (χ4n) is 5.41. The third-order valence-electron chi connectivity index (χ3n) is 7.38. The van der Waals surface area contributed by atoms with Gasteiger partial charge < -0.3 is 24.1 Å². The number of nitrogens with zero attached hydrogens (tertiary/aromatic N) is 4. The van der Waals surface area contributed by atoms with E-state index in [1.807, 2.05) is 36.4 Å². The van der Waals surface area contributed by atoms with E-state index in [9.17, 15) is 14.0 Å². The first-order valence-electron chi connectivity index (χ1n) is 15.1. The van der Waals surface area contributed by atoms with Gasteiger partial charge in [0, 0.05) is 17.9 Å². The number of fused-ring (bicyclic) bond motifs is 3. The maximum absolute atomic E-state index is 14.9. The van der Waals surface area contributed by atoms with E-state index in [-0.39, 0.29) is 48.8 Å². The Kier molecular flexibility index (Phi) is 9.35. The molecule has 13 heteroatoms. The molecule has 1 aliphatic rings. The van der Waals surface area contributed by atoms with Crippen molar-refractivity contribution in [3.05, 3.63) is 107 Å². The van der Waals surface area contributed by atoms with Crippen LogP contribution >= 0.6 is 11.6 Å². The highest BCUT2D eigenvalue weighted by Gasteiger charge is 2.30. The van der Waals surface area contributed by atoms with Crippen molar-refractivity contribution in [1.82, 2.24) is 25.4 Å². The van der Waals surface area contributed by atoms with Gasteiger partial charge in [-0.3, -0.25) is 4.79 Å². The van der Waals surface area contributed by atoms with Gasteiger partial charge in [0.1, 0.15) is 12.2 Å². The highest BCUT2D eigenvalue weighted by molar-refractivity contribution is 6.30. The number of benzene rings is 3. The summed E-state index contributed by atoms with van der Waals surface area (Å²) in [5.74, 6) is -1.30. The van der Waals surface area contributed by atoms with E-state index in [0.29, 0.717) is 10.6 Å². The van der Waals surface area contributed by atoms with Gasteiger partial charge in [0.25, 0.3) is 0 Å². The third kappa shape index (κ3) is 7.77. The molecule has 1 N–H and O–H groups in total. The van der Waals surface area contributed by atoms with Gasteiger partial charge in [-0.15, -0.1) is 0 Å². The standard InChI is InChI=1S/C35H31ClFN5O6/c1-35(2,3)47-31(43)16-22(40-34(44)45-19-27-25-10-6-4-8-23(25)24-9-5-7-11-26(24)27)15-30-41-32(42-48-30)20-12-13-29(28(37)14-20)46-33-38-17-21(36)18-39-33/h4-14,17-18,22,27H,15-16,19H2,1-3H3,(H,40,44)/t22-/m1/s1. The summed E-state index contributed by atoms with van der Waals surface area (Å²) in [6.07, 6.45) is 1.73. The summed E-state index contributed by atoms with van der Waals surface area (Å²) in [5.41, 5.74) is 3.93. The van der Waals surface area contributed by atoms with Crippen molar-refractivity contribution in [2.45, 2.75) is 51.2 Å². The van der Waals surface area contributed by atoms with Gasteiger partial charge in [0.15, 0.2) is 11.6 Å². The van der Waals surface area contributed by atoms with Crippen molar-refractivity contribution < 1.29 is 32.7 Å². The van der Waals surface area contributed by atoms with Crippen LogP contribution in [0, 0.1) is 5.82 Å². The van der Waals surface area contributed by atoms with Gasteiger partial charge in [0.2, 0.25) is 11.7 Å². The molecule has 48 heavy (non-hydrogen) atoms. The molecule has 3 aromatic carbocycles. The maximum atomic E-state index is 14.9. The van der Waals surface area contributed by atoms with Gasteiger partial charge in [-0.2, -0.15) is 4.98 Å². The van der Waals surface area contributed by atoms with Gasteiger partial charge in [-0.1, -0.05) is 65.3 Å². The second-order valence-electron chi connectivity index (χ2n) is 12.1. The lowest BCUT2D eigenvalue weighted by atomic mass is 9.98. The number of carbonyl (C=O) groups is 2. The summed E-state index contributed by atoms with van der Waals surface area (Å²) >= 11 is 5.78. The Morgan fingerprint density at radius 3 is 2.31 bits per heavy atom. The second-order valence-corrected chi connectivity index (χ2v) is 12.5. The van der Waals surface area contributed by atoms with E-state index in [0.717, 1.165) is 22.3 Å². The van der Waals surface area contributed by atoms with Crippen molar-refractivity contribution in [3.63, 3.8) is 0 Å². The number of hydrogen-bond acceptors (Lipinski definition) is 10. The van der Waals surface area contributed by atoms with Gasteiger partial charge in [0.05, 0.1) is 29.9 Å². The molecule has 0 saturated heterocycles. The summed E-state index contributed by atoms with van der Waals surface area (Å²) in [6, 6.07) is 19.2. The van der Waals surface area contributed by atoms with Crippen LogP contribution in [0.3, 0.4) is 0 Å². The number of alkyl carbamates (subject to hydrolysis) is 1. The van der Waals surface area contributed by atoms with Crippen molar-refractivity contribution in [2.75, 3.05) is 6.61 Å². The summed E-state index contributed by atoms with van der Waals surface area (Å²) in [7, 11) is 0. The van der Waals surface area contributed by atoms with Crippen LogP contribution in [0.2, 0.25) is 5.02 Å². The fourth-order valence-corrected chi connectivity index (χ4v) is 5.50. The number of hydrogen-bond donors (Lipinski definition) is 1. The minimum Gasteiger partial charge on any atom is -0.460 e. The normalized spacial score (nSPS) is 12.9. The van der Waals surface area contributed by atoms with E-state index in [4.69, 9.17) is 30.3 Å². The minimum atomic E-state index is -0.810. The molecule has 0 aliphatic heterocycles. The molecule has 0 unspecified atom stereocenters. The lowest BCUT2D eigenvalue weighted by molar-refractivity contribution is -0.155. The molecule has 0 bridgehead atoms. The Morgan fingerprint density at radius 2 is 1.67 bits per heavy atom. The first-order valence-corrected chi connectivity index (χ1v) is 15.5. The largest absolute Gasteiger partial charge is 0.460 e. The van der Waals surface area contributed by atoms with Gasteiger partial charge >= 0.3 is 18.1 Å². The molecule has 0 saturated carbocycles. The summed E-state index contributed by atoms with van der Waals surface area (Å²) < 4.78 is 36.9. The number of rotatable bonds is 10. The third-order valence-corrected chi connectivity index (χ3v) is 7.57. The Labute approximate surface area is 280 Å². The molecule has 0 fully saturated rings. The van der Waals surface area contributed by atoms with Crippen LogP contribution in [-0.4, -0.2) is 50.4 Å². The Balaban J connectivity index is 1.13. The van der Waals surface area contributed by atoms with E-state index >= 15 is 0 Å². The van der Waals surface area contributed by atoms with E-state index < -0.39 is 29.5 Å². The fraction of sp³-hybridized carbons (Fsp3) is 0.257. The number of nitrogens with one attached hydrogen (secondary N) is 1. The first-order chi connectivity index (χ1) is 23.0. The van der Waals surface area contributed by atoms with Crippen LogP contribution in [-0.2, 0) is 20.7 Å². The highest BCUT2D eigenvalue weighted by Crippen LogP contribution is 2.44. The molecule has 2 heterocycles. The number of aromatic nitrogens is 4. The van der Waals surface area contributed by atoms with Gasteiger partial charge in [-0.25, -0.2) is 19.2 Å². The molecule has 0 radical (unpaired) electrons. The van der Waals surface area contributed by atoms with Crippen molar-refractivity contribution in [1.29, 1.82) is 0 Å². The van der Waals surface area contributed by atoms with Crippen molar-refractivity contribution >= 4 is 23.7 Å². The van der Waals surface area contributed by atoms with E-state index in [1.165, 1.54) is 30.6 Å². The summed E-state index contributed by atoms with van der Waals surface area (Å²) in [6.45, 7) is 5.35. The molecule has 1 amide bonds. The molecule has 11 nitrogen and oxygen atoms in total. The first kappa shape index (κ1) is 32.6. The number of esters is 1. The van der Waals surface area contributed by atoms with Crippen molar-refractivity contribution in [2.24, 2.45) is 0 Å². The predicted octanol–water partition coefficient (Wildman–Crippen LogP) is 7.29. The lowest BCUT2D eigenvalue weighted by Crippen LogP contribution is -2.40. The molecular weight excluding hydrogens is 641 g/mol. The topological polar surface area (TPSA) is 139 Å². The molecular formula is C35H31ClFN5O6. The van der Waals surface area contributed by atoms with E-state index in [2.05, 4.69) is 37.6 Å². The molecule has 1 atom stereocenters. The SMILES string of the molecule is CC(C)(C)OC(=O)C[C@@H](Cc1nc(-c2ccc(Oc3ncc(Cl)cn3)c(F)c2)no1)NC(=O)OCC1c2ccccc2-c2ccccc21. The van der Waals surface area contributed by atoms with Crippen LogP contribution in [0.15, 0.2) is 83.6 Å². The quantitative estimate of drug-likeness (QED) is 0.151. The maximum Gasteiger partial charge on any atom is 0.407 e. The van der Waals surface area contributed by atoms with Crippen LogP contribution in [0.1, 0.15) is 50.1 Å². The molecule has 5 aromatic rings. The van der Waals surface area contributed by atoms with Crippen LogP contribution < -0.4 is 10.1 Å². The predicted molar refractivity (Wildman–Crippen MR) is 173 cm³/mol. The Hall–Kier alpha value is -5.36. The van der Waals surface area contributed by atoms with Gasteiger partial charge in [-0.05, 0) is 61.2 Å². The number of ether oxygens (including phenoxy) is 3. The van der Waals surface area contributed by atoms with Crippen molar-refractivity contribution in [3.8, 4) is 34.3 Å². The molecule has 6 rings (SSSR count). The number of carbonyl (C=O) groups excluding carboxylic acids is 2. The summed E-state index contributed by atoms with van der Waals surface area (Å²) in [5, 5.41) is 7.03. The number of halogens is 2. The van der Waals surface area contributed by atoms with E-state index in [1.54, 1.807) is 20.8 Å². The summed E-state index contributed by atoms with van der Waals surface area (Å²) in [4.78, 5) is 38.0. The second kappa shape index (κ2) is 13.8. The lowest BCUT2D eigenvalue weighted by Gasteiger charge is -2.22. The number of amides is 1. The minimum absolute atomic E-state index is 0.0198. The smallest absolute Gasteiger partial charge is 0.407 e. The Bertz CT molecular complexity index is 1900. The molecule has 246 valence electrons. The molecule has 0 spiro atoms. The molecule has 1 aliphatic carbocycles.